The van der Waals surface area contributed by atoms with Crippen LogP contribution in [0, 0.1) is 0 Å². The lowest BCUT2D eigenvalue weighted by Crippen LogP contribution is -2.30. The molecule has 108 valence electrons. The van der Waals surface area contributed by atoms with E-state index in [-0.39, 0.29) is 5.91 Å². The average molecular weight is 304 g/mol. The van der Waals surface area contributed by atoms with Crippen molar-refractivity contribution >= 4 is 29.5 Å². The van der Waals surface area contributed by atoms with E-state index in [1.165, 1.54) is 0 Å². The maximum atomic E-state index is 12.0. The van der Waals surface area contributed by atoms with Gasteiger partial charge in [0.1, 0.15) is 5.75 Å². The van der Waals surface area contributed by atoms with Gasteiger partial charge in [0.05, 0.1) is 5.56 Å². The Balaban J connectivity index is 2.02. The quantitative estimate of drug-likeness (QED) is 0.859. The zero-order valence-electron chi connectivity index (χ0n) is 11.4. The lowest BCUT2D eigenvalue weighted by Gasteiger charge is -2.15. The highest BCUT2D eigenvalue weighted by Crippen LogP contribution is 2.18. The summed E-state index contributed by atoms with van der Waals surface area (Å²) in [6.45, 7) is 1.62. The van der Waals surface area contributed by atoms with Gasteiger partial charge in [-0.05, 0) is 43.3 Å². The van der Waals surface area contributed by atoms with Gasteiger partial charge in [-0.15, -0.1) is 0 Å². The Kier molecular flexibility index (Phi) is 4.95. The fraction of sp³-hybridized carbons (Fsp3) is 0.125. The van der Waals surface area contributed by atoms with Gasteiger partial charge >= 0.3 is 0 Å². The molecule has 0 aliphatic rings. The van der Waals surface area contributed by atoms with Crippen molar-refractivity contribution in [3.8, 4) is 5.75 Å². The third-order valence-electron chi connectivity index (χ3n) is 2.83. The first kappa shape index (κ1) is 15.1. The number of para-hydroxylation sites is 1. The minimum Gasteiger partial charge on any atom is -0.480 e. The molecular weight excluding hydrogens is 290 g/mol. The summed E-state index contributed by atoms with van der Waals surface area (Å²) in [4.78, 5) is 23.0. The van der Waals surface area contributed by atoms with Crippen molar-refractivity contribution in [2.24, 2.45) is 0 Å². The molecule has 0 spiro atoms. The summed E-state index contributed by atoms with van der Waals surface area (Å²) >= 11 is 5.78. The van der Waals surface area contributed by atoms with Crippen LogP contribution in [0.15, 0.2) is 48.5 Å². The van der Waals surface area contributed by atoms with E-state index in [1.54, 1.807) is 55.5 Å². The minimum absolute atomic E-state index is 0.307. The zero-order valence-corrected chi connectivity index (χ0v) is 12.1. The molecule has 0 aliphatic carbocycles. The first-order valence-electron chi connectivity index (χ1n) is 6.37. The van der Waals surface area contributed by atoms with Gasteiger partial charge in [0.2, 0.25) is 0 Å². The summed E-state index contributed by atoms with van der Waals surface area (Å²) in [5.41, 5.74) is 1.03. The van der Waals surface area contributed by atoms with Crippen LogP contribution in [-0.4, -0.2) is 18.3 Å². The molecule has 0 radical (unpaired) electrons. The Morgan fingerprint density at radius 3 is 2.52 bits per heavy atom. The third kappa shape index (κ3) is 4.07. The van der Waals surface area contributed by atoms with Crippen LogP contribution >= 0.6 is 11.6 Å². The first-order valence-corrected chi connectivity index (χ1v) is 6.75. The van der Waals surface area contributed by atoms with E-state index in [1.807, 2.05) is 0 Å². The SMILES string of the molecule is C[C@H](Oc1ccccc1C=O)C(=O)Nc1ccc(Cl)cc1. The number of nitrogens with one attached hydrogen (secondary N) is 1. The number of carbonyl (C=O) groups is 2. The zero-order chi connectivity index (χ0) is 15.2. The number of hydrogen-bond donors (Lipinski definition) is 1. The Morgan fingerprint density at radius 1 is 1.19 bits per heavy atom. The Morgan fingerprint density at radius 2 is 1.86 bits per heavy atom. The summed E-state index contributed by atoms with van der Waals surface area (Å²) in [5.74, 6) is 0.0734. The molecule has 5 heteroatoms. The Labute approximate surface area is 127 Å². The highest BCUT2D eigenvalue weighted by Gasteiger charge is 2.16. The molecule has 2 aromatic carbocycles. The molecule has 4 nitrogen and oxygen atoms in total. The van der Waals surface area contributed by atoms with Crippen LogP contribution in [0.2, 0.25) is 5.02 Å². The highest BCUT2D eigenvalue weighted by atomic mass is 35.5. The lowest BCUT2D eigenvalue weighted by atomic mass is 10.2. The van der Waals surface area contributed by atoms with E-state index >= 15 is 0 Å². The normalized spacial score (nSPS) is 11.5. The number of carbonyl (C=O) groups excluding carboxylic acids is 2. The molecule has 0 saturated carbocycles. The summed E-state index contributed by atoms with van der Waals surface area (Å²) in [5, 5.41) is 3.31. The number of hydrogen-bond acceptors (Lipinski definition) is 3. The number of amides is 1. The van der Waals surface area contributed by atoms with E-state index in [0.717, 1.165) is 0 Å². The standard InChI is InChI=1S/C16H14ClNO3/c1-11(21-15-5-3-2-4-12(15)10-19)16(20)18-14-8-6-13(17)7-9-14/h2-11H,1H3,(H,18,20)/t11-/m0/s1. The van der Waals surface area contributed by atoms with Crippen LogP contribution in [-0.2, 0) is 4.79 Å². The molecule has 2 rings (SSSR count). The molecule has 21 heavy (non-hydrogen) atoms. The lowest BCUT2D eigenvalue weighted by molar-refractivity contribution is -0.122. The molecule has 0 bridgehead atoms. The van der Waals surface area contributed by atoms with Gasteiger partial charge in [-0.2, -0.15) is 0 Å². The fourth-order valence-corrected chi connectivity index (χ4v) is 1.83. The monoisotopic (exact) mass is 303 g/mol. The molecule has 1 N–H and O–H groups in total. The number of ether oxygens (including phenoxy) is 1. The summed E-state index contributed by atoms with van der Waals surface area (Å²) in [6.07, 6.45) is -0.0409. The molecule has 0 aromatic heterocycles. The molecule has 0 unspecified atom stereocenters. The van der Waals surface area contributed by atoms with Crippen molar-refractivity contribution < 1.29 is 14.3 Å². The molecule has 1 atom stereocenters. The van der Waals surface area contributed by atoms with Gasteiger partial charge in [0.25, 0.3) is 5.91 Å². The van der Waals surface area contributed by atoms with Crippen molar-refractivity contribution in [2.45, 2.75) is 13.0 Å². The van der Waals surface area contributed by atoms with Crippen LogP contribution in [0.25, 0.3) is 0 Å². The molecule has 2 aromatic rings. The second kappa shape index (κ2) is 6.90. The molecule has 0 aliphatic heterocycles. The molecule has 0 heterocycles. The maximum absolute atomic E-state index is 12.0. The van der Waals surface area contributed by atoms with Gasteiger partial charge in [-0.1, -0.05) is 23.7 Å². The third-order valence-corrected chi connectivity index (χ3v) is 3.08. The summed E-state index contributed by atoms with van der Waals surface area (Å²) in [7, 11) is 0. The maximum Gasteiger partial charge on any atom is 0.265 e. The van der Waals surface area contributed by atoms with Crippen molar-refractivity contribution in [1.82, 2.24) is 0 Å². The Bertz CT molecular complexity index is 640. The van der Waals surface area contributed by atoms with E-state index in [4.69, 9.17) is 16.3 Å². The highest BCUT2D eigenvalue weighted by molar-refractivity contribution is 6.30. The first-order chi connectivity index (χ1) is 10.1. The predicted molar refractivity (Wildman–Crippen MR) is 82.0 cm³/mol. The van der Waals surface area contributed by atoms with Crippen LogP contribution in [0.3, 0.4) is 0 Å². The largest absolute Gasteiger partial charge is 0.480 e. The summed E-state index contributed by atoms with van der Waals surface area (Å²) < 4.78 is 5.52. The summed E-state index contributed by atoms with van der Waals surface area (Å²) in [6, 6.07) is 13.5. The van der Waals surface area contributed by atoms with Crippen molar-refractivity contribution in [3.05, 3.63) is 59.1 Å². The molecule has 1 amide bonds. The van der Waals surface area contributed by atoms with Gasteiger partial charge in [-0.25, -0.2) is 0 Å². The molecule has 0 fully saturated rings. The molecule has 0 saturated heterocycles. The van der Waals surface area contributed by atoms with Crippen LogP contribution in [0.1, 0.15) is 17.3 Å². The topological polar surface area (TPSA) is 55.4 Å². The van der Waals surface area contributed by atoms with Gasteiger partial charge in [-0.3, -0.25) is 9.59 Å². The van der Waals surface area contributed by atoms with E-state index in [2.05, 4.69) is 5.32 Å². The second-order valence-electron chi connectivity index (χ2n) is 4.41. The van der Waals surface area contributed by atoms with Gasteiger partial charge in [0, 0.05) is 10.7 Å². The predicted octanol–water partition coefficient (Wildman–Crippen LogP) is 3.56. The number of rotatable bonds is 5. The fourth-order valence-electron chi connectivity index (χ4n) is 1.71. The minimum atomic E-state index is -0.734. The number of benzene rings is 2. The van der Waals surface area contributed by atoms with E-state index in [0.29, 0.717) is 28.3 Å². The van der Waals surface area contributed by atoms with Crippen LogP contribution in [0.4, 0.5) is 5.69 Å². The van der Waals surface area contributed by atoms with Crippen molar-refractivity contribution in [3.63, 3.8) is 0 Å². The van der Waals surface area contributed by atoms with Gasteiger partial charge < -0.3 is 10.1 Å². The Hall–Kier alpha value is -2.33. The van der Waals surface area contributed by atoms with E-state index in [9.17, 15) is 9.59 Å². The average Bonchev–Trinajstić information content (AvgIpc) is 2.50. The second-order valence-corrected chi connectivity index (χ2v) is 4.85. The number of anilines is 1. The van der Waals surface area contributed by atoms with Gasteiger partial charge in [0.15, 0.2) is 12.4 Å². The van der Waals surface area contributed by atoms with E-state index < -0.39 is 6.10 Å². The van der Waals surface area contributed by atoms with Crippen molar-refractivity contribution in [1.29, 1.82) is 0 Å². The van der Waals surface area contributed by atoms with Crippen LogP contribution < -0.4 is 10.1 Å². The molecular formula is C16H14ClNO3. The van der Waals surface area contributed by atoms with Crippen LogP contribution in [0.5, 0.6) is 5.75 Å². The smallest absolute Gasteiger partial charge is 0.265 e. The number of aldehydes is 1. The van der Waals surface area contributed by atoms with Crippen molar-refractivity contribution in [2.75, 3.05) is 5.32 Å². The number of halogens is 1.